The van der Waals surface area contributed by atoms with E-state index in [1.165, 1.54) is 12.3 Å². The second kappa shape index (κ2) is 4.18. The topological polar surface area (TPSA) is 99.6 Å². The van der Waals surface area contributed by atoms with Crippen molar-refractivity contribution >= 4 is 5.69 Å². The van der Waals surface area contributed by atoms with Crippen LogP contribution in [0.2, 0.25) is 0 Å². The summed E-state index contributed by atoms with van der Waals surface area (Å²) in [6.07, 6.45) is -1.01. The highest BCUT2D eigenvalue weighted by Gasteiger charge is 2.17. The molecule has 0 saturated heterocycles. The van der Waals surface area contributed by atoms with E-state index in [2.05, 4.69) is 4.98 Å². The number of nitrogen functional groups attached to an aromatic ring is 1. The minimum absolute atomic E-state index is 0.288. The molecule has 5 nitrogen and oxygen atoms in total. The summed E-state index contributed by atoms with van der Waals surface area (Å²) in [7, 11) is 0. The van der Waals surface area contributed by atoms with E-state index < -0.39 is 18.8 Å². The lowest BCUT2D eigenvalue weighted by molar-refractivity contribution is -0.0172. The number of hydrogen-bond acceptors (Lipinski definition) is 5. The smallest absolute Gasteiger partial charge is 0.124 e. The van der Waals surface area contributed by atoms with E-state index in [4.69, 9.17) is 15.9 Å². The fourth-order valence-electron chi connectivity index (χ4n) is 0.889. The number of hydrogen-bond donors (Lipinski definition) is 4. The lowest BCUT2D eigenvalue weighted by atomic mass is 10.1. The van der Waals surface area contributed by atoms with Crippen molar-refractivity contribution in [1.29, 1.82) is 0 Å². The van der Waals surface area contributed by atoms with Gasteiger partial charge in [0.2, 0.25) is 0 Å². The van der Waals surface area contributed by atoms with E-state index in [-0.39, 0.29) is 5.69 Å². The van der Waals surface area contributed by atoms with Crippen LogP contribution in [0.15, 0.2) is 18.3 Å². The standard InChI is InChI=1S/C8H12N2O3/c9-5-1-2-6(10-3-5)8(13)7(12)4-11/h1-3,7-8,11-13H,4,9H2. The summed E-state index contributed by atoms with van der Waals surface area (Å²) in [5, 5.41) is 27.0. The first kappa shape index (κ1) is 9.91. The Morgan fingerprint density at radius 2 is 2.08 bits per heavy atom. The Bertz CT molecular complexity index is 263. The molecule has 1 aromatic rings. The Labute approximate surface area is 75.5 Å². The van der Waals surface area contributed by atoms with E-state index >= 15 is 0 Å². The van der Waals surface area contributed by atoms with Crippen molar-refractivity contribution < 1.29 is 15.3 Å². The molecule has 0 bridgehead atoms. The predicted octanol–water partition coefficient (Wildman–Crippen LogP) is -0.950. The van der Waals surface area contributed by atoms with E-state index in [0.717, 1.165) is 0 Å². The van der Waals surface area contributed by atoms with Crippen LogP contribution in [-0.2, 0) is 0 Å². The molecule has 0 aromatic carbocycles. The molecule has 0 saturated carbocycles. The first-order valence-electron chi connectivity index (χ1n) is 3.83. The fourth-order valence-corrected chi connectivity index (χ4v) is 0.889. The van der Waals surface area contributed by atoms with Gasteiger partial charge in [0.05, 0.1) is 24.2 Å². The van der Waals surface area contributed by atoms with E-state index in [9.17, 15) is 5.11 Å². The van der Waals surface area contributed by atoms with Gasteiger partial charge in [-0.05, 0) is 12.1 Å². The zero-order valence-electron chi connectivity index (χ0n) is 6.96. The SMILES string of the molecule is Nc1ccc(C(O)C(O)CO)nc1. The van der Waals surface area contributed by atoms with Crippen LogP contribution in [0.4, 0.5) is 5.69 Å². The molecule has 0 spiro atoms. The molecular formula is C8H12N2O3. The number of nitrogens with two attached hydrogens (primary N) is 1. The van der Waals surface area contributed by atoms with Crippen molar-refractivity contribution in [2.24, 2.45) is 0 Å². The molecule has 72 valence electrons. The number of pyridine rings is 1. The molecule has 0 fully saturated rings. The van der Waals surface area contributed by atoms with E-state index in [1.54, 1.807) is 6.07 Å². The van der Waals surface area contributed by atoms with Crippen LogP contribution in [-0.4, -0.2) is 33.0 Å². The lowest BCUT2D eigenvalue weighted by Crippen LogP contribution is -2.22. The molecule has 5 heteroatoms. The van der Waals surface area contributed by atoms with Gasteiger partial charge in [-0.25, -0.2) is 0 Å². The number of nitrogens with zero attached hydrogens (tertiary/aromatic N) is 1. The third-order valence-corrected chi connectivity index (χ3v) is 1.66. The highest BCUT2D eigenvalue weighted by Crippen LogP contribution is 2.14. The van der Waals surface area contributed by atoms with Gasteiger partial charge in [-0.2, -0.15) is 0 Å². The van der Waals surface area contributed by atoms with Gasteiger partial charge in [0, 0.05) is 0 Å². The number of aliphatic hydroxyl groups is 3. The Hall–Kier alpha value is -1.17. The van der Waals surface area contributed by atoms with Crippen LogP contribution < -0.4 is 5.73 Å². The van der Waals surface area contributed by atoms with E-state index in [0.29, 0.717) is 5.69 Å². The van der Waals surface area contributed by atoms with Crippen molar-refractivity contribution in [3.05, 3.63) is 24.0 Å². The molecule has 5 N–H and O–H groups in total. The number of rotatable bonds is 3. The quantitative estimate of drug-likeness (QED) is 0.485. The molecule has 2 atom stereocenters. The summed E-state index contributed by atoms with van der Waals surface area (Å²) in [6.45, 7) is -0.507. The highest BCUT2D eigenvalue weighted by molar-refractivity contribution is 5.34. The maximum absolute atomic E-state index is 9.37. The van der Waals surface area contributed by atoms with Crippen molar-refractivity contribution in [3.63, 3.8) is 0 Å². The predicted molar refractivity (Wildman–Crippen MR) is 46.7 cm³/mol. The van der Waals surface area contributed by atoms with Crippen LogP contribution in [0.3, 0.4) is 0 Å². The first-order valence-corrected chi connectivity index (χ1v) is 3.83. The summed E-state index contributed by atoms with van der Waals surface area (Å²) < 4.78 is 0. The molecule has 1 rings (SSSR count). The zero-order chi connectivity index (χ0) is 9.84. The molecule has 0 radical (unpaired) electrons. The van der Waals surface area contributed by atoms with Gasteiger partial charge in [-0.3, -0.25) is 4.98 Å². The average Bonchev–Trinajstić information content (AvgIpc) is 2.17. The summed E-state index contributed by atoms with van der Waals surface area (Å²) >= 11 is 0. The van der Waals surface area contributed by atoms with Gasteiger partial charge in [-0.1, -0.05) is 0 Å². The Morgan fingerprint density at radius 1 is 1.38 bits per heavy atom. The molecule has 13 heavy (non-hydrogen) atoms. The zero-order valence-corrected chi connectivity index (χ0v) is 6.96. The van der Waals surface area contributed by atoms with Crippen LogP contribution in [0.1, 0.15) is 11.8 Å². The molecule has 2 unspecified atom stereocenters. The molecule has 0 amide bonds. The average molecular weight is 184 g/mol. The van der Waals surface area contributed by atoms with Crippen LogP contribution >= 0.6 is 0 Å². The lowest BCUT2D eigenvalue weighted by Gasteiger charge is -2.14. The van der Waals surface area contributed by atoms with Gasteiger partial charge >= 0.3 is 0 Å². The Morgan fingerprint density at radius 3 is 2.54 bits per heavy atom. The number of aromatic nitrogens is 1. The first-order chi connectivity index (χ1) is 6.15. The highest BCUT2D eigenvalue weighted by atomic mass is 16.4. The minimum atomic E-state index is -1.21. The molecule has 1 heterocycles. The molecule has 0 aliphatic rings. The molecule has 0 aliphatic carbocycles. The maximum Gasteiger partial charge on any atom is 0.124 e. The van der Waals surface area contributed by atoms with E-state index in [1.807, 2.05) is 0 Å². The maximum atomic E-state index is 9.37. The Balaban J connectivity index is 2.77. The van der Waals surface area contributed by atoms with Crippen molar-refractivity contribution in [3.8, 4) is 0 Å². The van der Waals surface area contributed by atoms with Crippen LogP contribution in [0.25, 0.3) is 0 Å². The molecule has 1 aromatic heterocycles. The summed E-state index contributed by atoms with van der Waals surface area (Å²) in [6, 6.07) is 3.06. The summed E-state index contributed by atoms with van der Waals surface area (Å²) in [4.78, 5) is 3.80. The number of aliphatic hydroxyl groups excluding tert-OH is 3. The number of anilines is 1. The molecule has 0 aliphatic heterocycles. The van der Waals surface area contributed by atoms with Crippen LogP contribution in [0.5, 0.6) is 0 Å². The van der Waals surface area contributed by atoms with Gasteiger partial charge in [-0.15, -0.1) is 0 Å². The largest absolute Gasteiger partial charge is 0.397 e. The van der Waals surface area contributed by atoms with Gasteiger partial charge < -0.3 is 21.1 Å². The van der Waals surface area contributed by atoms with Crippen LogP contribution in [0, 0.1) is 0 Å². The monoisotopic (exact) mass is 184 g/mol. The van der Waals surface area contributed by atoms with Crippen molar-refractivity contribution in [2.75, 3.05) is 12.3 Å². The summed E-state index contributed by atoms with van der Waals surface area (Å²) in [5.74, 6) is 0. The van der Waals surface area contributed by atoms with Crippen molar-refractivity contribution in [1.82, 2.24) is 4.98 Å². The third kappa shape index (κ3) is 2.38. The second-order valence-electron chi connectivity index (χ2n) is 2.71. The van der Waals surface area contributed by atoms with Gasteiger partial charge in [0.15, 0.2) is 0 Å². The van der Waals surface area contributed by atoms with Gasteiger partial charge in [0.25, 0.3) is 0 Å². The second-order valence-corrected chi connectivity index (χ2v) is 2.71. The molecular weight excluding hydrogens is 172 g/mol. The third-order valence-electron chi connectivity index (χ3n) is 1.66. The van der Waals surface area contributed by atoms with Crippen molar-refractivity contribution in [2.45, 2.75) is 12.2 Å². The van der Waals surface area contributed by atoms with Gasteiger partial charge in [0.1, 0.15) is 12.2 Å². The summed E-state index contributed by atoms with van der Waals surface area (Å²) in [5.41, 5.74) is 6.15. The Kier molecular flexibility index (Phi) is 3.18. The minimum Gasteiger partial charge on any atom is -0.397 e. The normalized spacial score (nSPS) is 15.3. The fraction of sp³-hybridized carbons (Fsp3) is 0.375.